The van der Waals surface area contributed by atoms with Gasteiger partial charge in [0.2, 0.25) is 0 Å². The monoisotopic (exact) mass is 326 g/mol. The molecule has 0 saturated carbocycles. The molecule has 0 spiro atoms. The minimum Gasteiger partial charge on any atom is -0.338 e. The number of hydrogen-bond donors (Lipinski definition) is 1. The van der Waals surface area contributed by atoms with Crippen molar-refractivity contribution in [2.45, 2.75) is 27.7 Å². The van der Waals surface area contributed by atoms with Crippen LogP contribution in [0.5, 0.6) is 0 Å². The second-order valence-electron chi connectivity index (χ2n) is 5.67. The first-order valence-corrected chi connectivity index (χ1v) is 7.35. The van der Waals surface area contributed by atoms with Gasteiger partial charge in [-0.05, 0) is 53.9 Å². The average molecular weight is 327 g/mol. The maximum atomic E-state index is 12.6. The van der Waals surface area contributed by atoms with Crippen LogP contribution in [0.25, 0.3) is 0 Å². The van der Waals surface area contributed by atoms with E-state index < -0.39 is 0 Å². The van der Waals surface area contributed by atoms with E-state index in [0.29, 0.717) is 19.6 Å². The molecule has 3 nitrogen and oxygen atoms in total. The van der Waals surface area contributed by atoms with Gasteiger partial charge in [0.1, 0.15) is 0 Å². The molecule has 2 N–H and O–H groups in total. The van der Waals surface area contributed by atoms with Gasteiger partial charge in [0, 0.05) is 17.6 Å². The van der Waals surface area contributed by atoms with E-state index >= 15 is 0 Å². The molecular weight excluding hydrogens is 304 g/mol. The first-order chi connectivity index (χ1) is 8.80. The molecule has 1 aromatic carbocycles. The summed E-state index contributed by atoms with van der Waals surface area (Å²) in [6.07, 6.45) is 0. The van der Waals surface area contributed by atoms with Crippen LogP contribution in [0.2, 0.25) is 0 Å². The number of amides is 1. The van der Waals surface area contributed by atoms with E-state index in [1.165, 1.54) is 0 Å². The van der Waals surface area contributed by atoms with Crippen LogP contribution in [-0.2, 0) is 0 Å². The van der Waals surface area contributed by atoms with Gasteiger partial charge in [-0.25, -0.2) is 0 Å². The highest BCUT2D eigenvalue weighted by molar-refractivity contribution is 9.10. The molecule has 0 aromatic heterocycles. The molecule has 106 valence electrons. The summed E-state index contributed by atoms with van der Waals surface area (Å²) in [5.41, 5.74) is 7.49. The van der Waals surface area contributed by atoms with E-state index in [4.69, 9.17) is 5.73 Å². The lowest BCUT2D eigenvalue weighted by atomic mass is 9.93. The van der Waals surface area contributed by atoms with Crippen LogP contribution < -0.4 is 5.73 Å². The number of aryl methyl sites for hydroxylation is 1. The summed E-state index contributed by atoms with van der Waals surface area (Å²) in [4.78, 5) is 14.5. The van der Waals surface area contributed by atoms with Crippen molar-refractivity contribution in [3.8, 4) is 0 Å². The first-order valence-electron chi connectivity index (χ1n) is 6.56. The van der Waals surface area contributed by atoms with E-state index in [0.717, 1.165) is 15.6 Å². The lowest BCUT2D eigenvalue weighted by Crippen LogP contribution is -2.42. The molecule has 0 heterocycles. The smallest absolute Gasteiger partial charge is 0.255 e. The normalized spacial score (nSPS) is 11.5. The number of halogens is 1. The van der Waals surface area contributed by atoms with Crippen molar-refractivity contribution in [3.05, 3.63) is 33.8 Å². The molecule has 0 saturated heterocycles. The van der Waals surface area contributed by atoms with E-state index in [9.17, 15) is 4.79 Å². The maximum Gasteiger partial charge on any atom is 0.255 e. The Bertz CT molecular complexity index is 457. The Morgan fingerprint density at radius 3 is 2.58 bits per heavy atom. The molecule has 0 unspecified atom stereocenters. The predicted octanol–water partition coefficient (Wildman–Crippen LogP) is 3.20. The molecular formula is C15H23BrN2O. The average Bonchev–Trinajstić information content (AvgIpc) is 2.38. The Labute approximate surface area is 124 Å². The SMILES string of the molecule is CCN(CC(C)(C)CN)C(=O)c1cc(C)ccc1Br. The Morgan fingerprint density at radius 1 is 1.42 bits per heavy atom. The Morgan fingerprint density at radius 2 is 2.05 bits per heavy atom. The number of nitrogens with two attached hydrogens (primary N) is 1. The minimum atomic E-state index is -0.0675. The molecule has 1 rings (SSSR count). The van der Waals surface area contributed by atoms with Gasteiger partial charge >= 0.3 is 0 Å². The minimum absolute atomic E-state index is 0.0552. The fraction of sp³-hybridized carbons (Fsp3) is 0.533. The Hall–Kier alpha value is -0.870. The zero-order valence-corrected chi connectivity index (χ0v) is 13.8. The fourth-order valence-electron chi connectivity index (χ4n) is 1.88. The van der Waals surface area contributed by atoms with Crippen LogP contribution in [0.15, 0.2) is 22.7 Å². The maximum absolute atomic E-state index is 12.6. The van der Waals surface area contributed by atoms with Crippen LogP contribution in [0.1, 0.15) is 36.7 Å². The number of rotatable bonds is 5. The fourth-order valence-corrected chi connectivity index (χ4v) is 2.30. The summed E-state index contributed by atoms with van der Waals surface area (Å²) < 4.78 is 0.840. The third-order valence-electron chi connectivity index (χ3n) is 3.19. The molecule has 1 aromatic rings. The Balaban J connectivity index is 2.99. The van der Waals surface area contributed by atoms with Crippen molar-refractivity contribution in [1.82, 2.24) is 4.90 Å². The van der Waals surface area contributed by atoms with Crippen molar-refractivity contribution in [3.63, 3.8) is 0 Å². The highest BCUT2D eigenvalue weighted by Crippen LogP contribution is 2.22. The second-order valence-corrected chi connectivity index (χ2v) is 6.53. The van der Waals surface area contributed by atoms with Crippen LogP contribution in [0.4, 0.5) is 0 Å². The van der Waals surface area contributed by atoms with Gasteiger partial charge < -0.3 is 10.6 Å². The second kappa shape index (κ2) is 6.53. The van der Waals surface area contributed by atoms with Gasteiger partial charge in [-0.1, -0.05) is 25.5 Å². The summed E-state index contributed by atoms with van der Waals surface area (Å²) in [5.74, 6) is 0.0552. The number of carbonyl (C=O) groups is 1. The van der Waals surface area contributed by atoms with Crippen molar-refractivity contribution in [2.75, 3.05) is 19.6 Å². The van der Waals surface area contributed by atoms with Gasteiger partial charge in [0.25, 0.3) is 5.91 Å². The van der Waals surface area contributed by atoms with E-state index in [-0.39, 0.29) is 11.3 Å². The largest absolute Gasteiger partial charge is 0.338 e. The van der Waals surface area contributed by atoms with Gasteiger partial charge in [-0.15, -0.1) is 0 Å². The van der Waals surface area contributed by atoms with Crippen LogP contribution in [0.3, 0.4) is 0 Å². The van der Waals surface area contributed by atoms with Gasteiger partial charge in [-0.3, -0.25) is 4.79 Å². The highest BCUT2D eigenvalue weighted by Gasteiger charge is 2.24. The molecule has 0 fully saturated rings. The summed E-state index contributed by atoms with van der Waals surface area (Å²) in [7, 11) is 0. The van der Waals surface area contributed by atoms with Crippen molar-refractivity contribution < 1.29 is 4.79 Å². The molecule has 0 atom stereocenters. The highest BCUT2D eigenvalue weighted by atomic mass is 79.9. The molecule has 0 radical (unpaired) electrons. The standard InChI is InChI=1S/C15H23BrN2O/c1-5-18(10-15(3,4)9-17)14(19)12-8-11(2)6-7-13(12)16/h6-8H,5,9-10,17H2,1-4H3. The molecule has 0 aliphatic heterocycles. The van der Waals surface area contributed by atoms with Gasteiger partial charge in [0.05, 0.1) is 5.56 Å². The zero-order chi connectivity index (χ0) is 14.6. The number of hydrogen-bond acceptors (Lipinski definition) is 2. The first kappa shape index (κ1) is 16.2. The van der Waals surface area contributed by atoms with E-state index in [2.05, 4.69) is 29.8 Å². The zero-order valence-electron chi connectivity index (χ0n) is 12.2. The lowest BCUT2D eigenvalue weighted by Gasteiger charge is -2.31. The number of nitrogens with zero attached hydrogens (tertiary/aromatic N) is 1. The molecule has 1 amide bonds. The van der Waals surface area contributed by atoms with E-state index in [1.54, 1.807) is 0 Å². The quantitative estimate of drug-likeness (QED) is 0.903. The van der Waals surface area contributed by atoms with Gasteiger partial charge in [0.15, 0.2) is 0 Å². The molecule has 0 bridgehead atoms. The summed E-state index contributed by atoms with van der Waals surface area (Å²) >= 11 is 3.45. The number of carbonyl (C=O) groups excluding carboxylic acids is 1. The molecule has 0 aliphatic rings. The summed E-state index contributed by atoms with van der Waals surface area (Å²) in [6, 6.07) is 5.83. The van der Waals surface area contributed by atoms with Crippen LogP contribution in [0, 0.1) is 12.3 Å². The van der Waals surface area contributed by atoms with Crippen LogP contribution >= 0.6 is 15.9 Å². The number of benzene rings is 1. The van der Waals surface area contributed by atoms with Crippen molar-refractivity contribution in [2.24, 2.45) is 11.1 Å². The third kappa shape index (κ3) is 4.32. The molecule has 4 heteroatoms. The summed E-state index contributed by atoms with van der Waals surface area (Å²) in [6.45, 7) is 10.0. The topological polar surface area (TPSA) is 46.3 Å². The predicted molar refractivity (Wildman–Crippen MR) is 83.3 cm³/mol. The van der Waals surface area contributed by atoms with Crippen LogP contribution in [-0.4, -0.2) is 30.4 Å². The van der Waals surface area contributed by atoms with Crippen molar-refractivity contribution in [1.29, 1.82) is 0 Å². The summed E-state index contributed by atoms with van der Waals surface area (Å²) in [5, 5.41) is 0. The third-order valence-corrected chi connectivity index (χ3v) is 3.88. The molecule has 19 heavy (non-hydrogen) atoms. The molecule has 0 aliphatic carbocycles. The lowest BCUT2D eigenvalue weighted by molar-refractivity contribution is 0.0700. The Kier molecular flexibility index (Phi) is 5.56. The van der Waals surface area contributed by atoms with Crippen molar-refractivity contribution >= 4 is 21.8 Å². The van der Waals surface area contributed by atoms with E-state index in [1.807, 2.05) is 36.9 Å². The van der Waals surface area contributed by atoms with Gasteiger partial charge in [-0.2, -0.15) is 0 Å².